The second-order valence-electron chi connectivity index (χ2n) is 15.0. The van der Waals surface area contributed by atoms with Crippen LogP contribution in [0.5, 0.6) is 5.75 Å². The smallest absolute Gasteiger partial charge is 0.407 e. The van der Waals surface area contributed by atoms with Crippen molar-refractivity contribution in [2.45, 2.75) is 56.3 Å². The second-order valence-corrected chi connectivity index (χ2v) is 15.0. The summed E-state index contributed by atoms with van der Waals surface area (Å²) in [6, 6.07) is 40.7. The van der Waals surface area contributed by atoms with Gasteiger partial charge in [0.25, 0.3) is 0 Å². The van der Waals surface area contributed by atoms with E-state index in [1.165, 1.54) is 44.5 Å². The van der Waals surface area contributed by atoms with E-state index in [1.807, 2.05) is 42.5 Å². The number of carbonyl (C=O) groups excluding carboxylic acids is 2. The van der Waals surface area contributed by atoms with Crippen LogP contribution >= 0.6 is 0 Å². The minimum Gasteiger partial charge on any atom is -0.494 e. The van der Waals surface area contributed by atoms with E-state index >= 15 is 0 Å². The first-order valence-corrected chi connectivity index (χ1v) is 20.6. The quantitative estimate of drug-likeness (QED) is 0.0433. The monoisotopic (exact) mass is 870 g/mol. The molecule has 0 aromatic heterocycles. The third-order valence-electron chi connectivity index (χ3n) is 11.4. The van der Waals surface area contributed by atoms with Gasteiger partial charge in [-0.05, 0) is 101 Å². The number of amides is 2. The molecule has 0 saturated heterocycles. The predicted octanol–water partition coefficient (Wildman–Crippen LogP) is 8.18. The Kier molecular flexibility index (Phi) is 16.3. The Balaban J connectivity index is 0.00000585. The summed E-state index contributed by atoms with van der Waals surface area (Å²) in [6.07, 6.45) is 4.34. The second kappa shape index (κ2) is 21.8. The first kappa shape index (κ1) is 44.2. The van der Waals surface area contributed by atoms with Crippen LogP contribution in [0.25, 0.3) is 33.4 Å². The number of benzene rings is 5. The van der Waals surface area contributed by atoms with Crippen LogP contribution in [-0.2, 0) is 52.4 Å². The topological polar surface area (TPSA) is 126 Å². The first-order valence-electron chi connectivity index (χ1n) is 20.6. The molecule has 0 unspecified atom stereocenters. The number of carbonyl (C=O) groups is 2. The largest absolute Gasteiger partial charge is 0.494 e. The molecular formula is C49H53N2O7Y-. The summed E-state index contributed by atoms with van der Waals surface area (Å²) in [5, 5.41) is 25.2. The molecule has 5 aromatic rings. The summed E-state index contributed by atoms with van der Waals surface area (Å²) in [7, 11) is 0. The Morgan fingerprint density at radius 3 is 2.07 bits per heavy atom. The van der Waals surface area contributed by atoms with Crippen LogP contribution in [0, 0.1) is 6.07 Å². The summed E-state index contributed by atoms with van der Waals surface area (Å²) in [4.78, 5) is 24.6. The third-order valence-corrected chi connectivity index (χ3v) is 11.4. The maximum Gasteiger partial charge on any atom is 0.407 e. The average Bonchev–Trinajstić information content (AvgIpc) is 3.73. The number of alkyl carbamates (subject to hydrolysis) is 1. The van der Waals surface area contributed by atoms with Crippen LogP contribution in [0.1, 0.15) is 73.1 Å². The molecule has 0 fully saturated rings. The maximum absolute atomic E-state index is 12.4. The van der Waals surface area contributed by atoms with Gasteiger partial charge in [-0.1, -0.05) is 78.9 Å². The van der Waals surface area contributed by atoms with Crippen LogP contribution in [0.15, 0.2) is 109 Å². The van der Waals surface area contributed by atoms with Crippen molar-refractivity contribution in [3.05, 3.63) is 138 Å². The number of ether oxygens (including phenoxy) is 3. The summed E-state index contributed by atoms with van der Waals surface area (Å²) >= 11 is 0. The van der Waals surface area contributed by atoms with Gasteiger partial charge in [0.1, 0.15) is 12.4 Å². The third kappa shape index (κ3) is 10.5. The summed E-state index contributed by atoms with van der Waals surface area (Å²) in [5.74, 6) is 0.728. The van der Waals surface area contributed by atoms with Crippen LogP contribution < -0.4 is 15.4 Å². The van der Waals surface area contributed by atoms with Crippen molar-refractivity contribution in [2.24, 2.45) is 0 Å². The number of aliphatic hydroxyl groups excluding tert-OH is 2. The van der Waals surface area contributed by atoms with E-state index in [0.29, 0.717) is 32.5 Å². The van der Waals surface area contributed by atoms with E-state index in [9.17, 15) is 19.8 Å². The van der Waals surface area contributed by atoms with Crippen molar-refractivity contribution in [1.29, 1.82) is 0 Å². The van der Waals surface area contributed by atoms with E-state index in [1.54, 1.807) is 0 Å². The summed E-state index contributed by atoms with van der Waals surface area (Å²) in [5.41, 5.74) is 11.6. The molecule has 0 atom stereocenters. The minimum atomic E-state index is -0.487. The summed E-state index contributed by atoms with van der Waals surface area (Å²) < 4.78 is 17.1. The molecule has 0 spiro atoms. The van der Waals surface area contributed by atoms with E-state index in [4.69, 9.17) is 14.2 Å². The molecular weight excluding hydrogens is 817 g/mol. The van der Waals surface area contributed by atoms with Gasteiger partial charge in [-0.3, -0.25) is 4.79 Å². The van der Waals surface area contributed by atoms with E-state index in [0.717, 1.165) is 42.6 Å². The van der Waals surface area contributed by atoms with Gasteiger partial charge >= 0.3 is 6.09 Å². The fraction of sp³-hybridized carbons (Fsp3) is 0.347. The van der Waals surface area contributed by atoms with E-state index < -0.39 is 6.09 Å². The SMILES string of the molecule is O=C(CCOCCNC(=O)OCC1c2ccccc2-c2ccccc21)NCCCCOc1ccc(-c2ccc3c(c2)C(CCCO)(CCCO)c2c[c-]ccc2-3)cc1.[Y]. The van der Waals surface area contributed by atoms with Crippen molar-refractivity contribution in [3.63, 3.8) is 0 Å². The van der Waals surface area contributed by atoms with Crippen LogP contribution in [-0.4, -0.2) is 74.9 Å². The van der Waals surface area contributed by atoms with Crippen molar-refractivity contribution in [3.8, 4) is 39.1 Å². The number of rotatable bonds is 21. The molecule has 0 saturated carbocycles. The number of hydrogen-bond acceptors (Lipinski definition) is 7. The molecule has 0 aliphatic heterocycles. The van der Waals surface area contributed by atoms with Gasteiger partial charge in [0.15, 0.2) is 0 Å². The molecule has 10 heteroatoms. The molecule has 7 rings (SSSR count). The van der Waals surface area contributed by atoms with Gasteiger partial charge in [-0.15, -0.1) is 11.1 Å². The molecule has 0 heterocycles. The molecule has 59 heavy (non-hydrogen) atoms. The van der Waals surface area contributed by atoms with Gasteiger partial charge < -0.3 is 35.1 Å². The minimum absolute atomic E-state index is 0. The Hall–Kier alpha value is -4.38. The zero-order valence-electron chi connectivity index (χ0n) is 33.6. The van der Waals surface area contributed by atoms with Gasteiger partial charge in [-0.2, -0.15) is 24.3 Å². The molecule has 0 bridgehead atoms. The van der Waals surface area contributed by atoms with Crippen LogP contribution in [0.2, 0.25) is 0 Å². The number of fused-ring (bicyclic) bond motifs is 6. The predicted molar refractivity (Wildman–Crippen MR) is 226 cm³/mol. The number of unbranched alkanes of at least 4 members (excludes halogenated alkanes) is 1. The number of hydrogen-bond donors (Lipinski definition) is 4. The fourth-order valence-electron chi connectivity index (χ4n) is 8.60. The fourth-order valence-corrected chi connectivity index (χ4v) is 8.60. The van der Waals surface area contributed by atoms with E-state index in [2.05, 4.69) is 83.4 Å². The van der Waals surface area contributed by atoms with Gasteiger partial charge in [0.2, 0.25) is 5.91 Å². The number of aliphatic hydroxyl groups is 2. The average molecular weight is 871 g/mol. The maximum atomic E-state index is 12.4. The van der Waals surface area contributed by atoms with E-state index in [-0.39, 0.29) is 89.4 Å². The molecule has 4 N–H and O–H groups in total. The molecule has 9 nitrogen and oxygen atoms in total. The zero-order chi connectivity index (χ0) is 40.2. The normalized spacial score (nSPS) is 13.1. The Bertz CT molecular complexity index is 2100. The van der Waals surface area contributed by atoms with Crippen LogP contribution in [0.3, 0.4) is 0 Å². The van der Waals surface area contributed by atoms with Crippen molar-refractivity contribution >= 4 is 12.0 Å². The zero-order valence-corrected chi connectivity index (χ0v) is 36.4. The Labute approximate surface area is 372 Å². The van der Waals surface area contributed by atoms with Gasteiger partial charge in [-0.25, -0.2) is 4.79 Å². The molecule has 5 aromatic carbocycles. The molecule has 1 radical (unpaired) electrons. The number of nitrogens with one attached hydrogen (secondary N) is 2. The van der Waals surface area contributed by atoms with Crippen LogP contribution in [0.4, 0.5) is 4.79 Å². The van der Waals surface area contributed by atoms with Crippen molar-refractivity contribution in [2.75, 3.05) is 52.7 Å². The van der Waals surface area contributed by atoms with Gasteiger partial charge in [0.05, 0.1) is 19.8 Å². The molecule has 2 amide bonds. The molecule has 305 valence electrons. The van der Waals surface area contributed by atoms with Crippen molar-refractivity contribution in [1.82, 2.24) is 10.6 Å². The van der Waals surface area contributed by atoms with Gasteiger partial charge in [0, 0.05) is 71.4 Å². The molecule has 2 aliphatic carbocycles. The Morgan fingerprint density at radius 2 is 1.36 bits per heavy atom. The summed E-state index contributed by atoms with van der Waals surface area (Å²) in [6.45, 7) is 2.46. The molecule has 2 aliphatic rings. The standard InChI is InChI=1S/C49H53N2O7.Y/c52-28-9-24-49(25-10-29-53)45-16-6-5-15-42(45)43-22-19-36(33-46(43)49)35-17-20-37(21-18-35)57-30-8-7-26-50-47(54)23-31-56-32-27-51-48(55)58-34-44-40-13-3-1-11-38(40)39-12-2-4-14-41(39)44;/h1-5,11-22,33,44,52-53H,7-10,23-32,34H2,(H,50,54)(H,51,55);/q-1;. The Morgan fingerprint density at radius 1 is 0.678 bits per heavy atom. The first-order chi connectivity index (χ1) is 28.5. The van der Waals surface area contributed by atoms with Crippen molar-refractivity contribution < 1.29 is 66.7 Å².